The highest BCUT2D eigenvalue weighted by atomic mass is 35.5. The molecule has 0 spiro atoms. The van der Waals surface area contributed by atoms with Crippen molar-refractivity contribution in [2.24, 2.45) is 0 Å². The van der Waals surface area contributed by atoms with E-state index in [-0.39, 0.29) is 36.8 Å². The lowest BCUT2D eigenvalue weighted by molar-refractivity contribution is -0.0221. The van der Waals surface area contributed by atoms with Gasteiger partial charge >= 0.3 is 0 Å². The van der Waals surface area contributed by atoms with Crippen LogP contribution in [0.5, 0.6) is 0 Å². The van der Waals surface area contributed by atoms with Crippen molar-refractivity contribution in [1.82, 2.24) is 9.97 Å². The van der Waals surface area contributed by atoms with Gasteiger partial charge < -0.3 is 4.90 Å². The summed E-state index contributed by atoms with van der Waals surface area (Å²) in [6.45, 7) is 0.424. The second-order valence-electron chi connectivity index (χ2n) is 3.82. The molecule has 0 aliphatic carbocycles. The molecule has 0 atom stereocenters. The molecular formula is C10H9ClF2N4. The van der Waals surface area contributed by atoms with E-state index in [1.54, 1.807) is 11.0 Å². The molecule has 1 aromatic heterocycles. The molecule has 2 rings (SSSR count). The van der Waals surface area contributed by atoms with Gasteiger partial charge in [0.15, 0.2) is 10.8 Å². The van der Waals surface area contributed by atoms with Crippen molar-refractivity contribution in [3.8, 4) is 6.07 Å². The predicted molar refractivity (Wildman–Crippen MR) is 58.2 cm³/mol. The Bertz CT molecular complexity index is 462. The van der Waals surface area contributed by atoms with Crippen LogP contribution in [0.1, 0.15) is 18.5 Å². The van der Waals surface area contributed by atoms with Crippen LogP contribution in [0.15, 0.2) is 6.20 Å². The van der Waals surface area contributed by atoms with Crippen LogP contribution in [0.4, 0.5) is 14.6 Å². The highest BCUT2D eigenvalue weighted by Crippen LogP contribution is 2.29. The van der Waals surface area contributed by atoms with Gasteiger partial charge in [0.05, 0.1) is 6.20 Å². The SMILES string of the molecule is N#Cc1ncc(N2CCC(F)(F)CC2)nc1Cl. The van der Waals surface area contributed by atoms with Crippen LogP contribution < -0.4 is 4.90 Å². The molecule has 0 N–H and O–H groups in total. The topological polar surface area (TPSA) is 52.8 Å². The Hall–Kier alpha value is -1.48. The monoisotopic (exact) mass is 258 g/mol. The zero-order valence-corrected chi connectivity index (χ0v) is 9.58. The molecule has 0 aromatic carbocycles. The molecule has 0 unspecified atom stereocenters. The van der Waals surface area contributed by atoms with Crippen molar-refractivity contribution in [3.63, 3.8) is 0 Å². The third kappa shape index (κ3) is 2.61. The standard InChI is InChI=1S/C10H9ClF2N4/c11-9-7(5-14)15-6-8(16-9)17-3-1-10(12,13)2-4-17/h6H,1-4H2. The first-order valence-electron chi connectivity index (χ1n) is 5.07. The van der Waals surface area contributed by atoms with Gasteiger partial charge in [0, 0.05) is 25.9 Å². The normalized spacial score (nSPS) is 18.8. The fraction of sp³-hybridized carbons (Fsp3) is 0.500. The number of rotatable bonds is 1. The lowest BCUT2D eigenvalue weighted by Gasteiger charge is -2.32. The largest absolute Gasteiger partial charge is 0.355 e. The fourth-order valence-corrected chi connectivity index (χ4v) is 1.83. The molecule has 7 heteroatoms. The Morgan fingerprint density at radius 1 is 1.41 bits per heavy atom. The van der Waals surface area contributed by atoms with E-state index in [4.69, 9.17) is 16.9 Å². The lowest BCUT2D eigenvalue weighted by Crippen LogP contribution is -2.39. The summed E-state index contributed by atoms with van der Waals surface area (Å²) in [5, 5.41) is 8.64. The number of hydrogen-bond donors (Lipinski definition) is 0. The van der Waals surface area contributed by atoms with Crippen LogP contribution in [0.3, 0.4) is 0 Å². The number of piperidine rings is 1. The molecule has 17 heavy (non-hydrogen) atoms. The van der Waals surface area contributed by atoms with E-state index in [1.807, 2.05) is 0 Å². The second-order valence-corrected chi connectivity index (χ2v) is 4.18. The zero-order valence-electron chi connectivity index (χ0n) is 8.83. The van der Waals surface area contributed by atoms with Crippen LogP contribution in [-0.2, 0) is 0 Å². The van der Waals surface area contributed by atoms with Crippen LogP contribution >= 0.6 is 11.6 Å². The molecule has 0 bridgehead atoms. The van der Waals surface area contributed by atoms with Crippen LogP contribution in [0.2, 0.25) is 5.15 Å². The van der Waals surface area contributed by atoms with Crippen LogP contribution in [0.25, 0.3) is 0 Å². The average Bonchev–Trinajstić information content (AvgIpc) is 2.29. The first-order valence-corrected chi connectivity index (χ1v) is 5.45. The van der Waals surface area contributed by atoms with Gasteiger partial charge in [0.2, 0.25) is 0 Å². The summed E-state index contributed by atoms with van der Waals surface area (Å²) >= 11 is 5.73. The molecule has 0 saturated carbocycles. The maximum Gasteiger partial charge on any atom is 0.251 e. The number of aromatic nitrogens is 2. The van der Waals surface area contributed by atoms with Crippen LogP contribution in [0, 0.1) is 11.3 Å². The van der Waals surface area contributed by atoms with Crippen molar-refractivity contribution >= 4 is 17.4 Å². The molecule has 90 valence electrons. The summed E-state index contributed by atoms with van der Waals surface area (Å²) in [5.41, 5.74) is 0.0396. The minimum Gasteiger partial charge on any atom is -0.355 e. The van der Waals surface area contributed by atoms with Gasteiger partial charge in [-0.05, 0) is 0 Å². The van der Waals surface area contributed by atoms with E-state index in [9.17, 15) is 8.78 Å². The number of nitrogens with zero attached hydrogens (tertiary/aromatic N) is 4. The number of hydrogen-bond acceptors (Lipinski definition) is 4. The number of anilines is 1. The summed E-state index contributed by atoms with van der Waals surface area (Å²) in [5.74, 6) is -2.16. The predicted octanol–water partition coefficient (Wildman–Crippen LogP) is 2.24. The smallest absolute Gasteiger partial charge is 0.251 e. The first-order chi connectivity index (χ1) is 8.02. The minimum atomic E-state index is -2.60. The van der Waals surface area contributed by atoms with Gasteiger partial charge in [0.1, 0.15) is 11.9 Å². The highest BCUT2D eigenvalue weighted by Gasteiger charge is 2.34. The van der Waals surface area contributed by atoms with Crippen LogP contribution in [-0.4, -0.2) is 29.0 Å². The summed E-state index contributed by atoms with van der Waals surface area (Å²) in [7, 11) is 0. The summed E-state index contributed by atoms with van der Waals surface area (Å²) in [4.78, 5) is 9.49. The lowest BCUT2D eigenvalue weighted by atomic mass is 10.1. The molecule has 2 heterocycles. The molecule has 1 fully saturated rings. The van der Waals surface area contributed by atoms with Crippen molar-refractivity contribution in [2.75, 3.05) is 18.0 Å². The molecule has 0 amide bonds. The second kappa shape index (κ2) is 4.41. The third-order valence-electron chi connectivity index (χ3n) is 2.64. The Morgan fingerprint density at radius 3 is 2.59 bits per heavy atom. The van der Waals surface area contributed by atoms with Gasteiger partial charge in [-0.3, -0.25) is 0 Å². The first kappa shape index (κ1) is 12.0. The number of nitriles is 1. The minimum absolute atomic E-state index is 0.00216. The van der Waals surface area contributed by atoms with Gasteiger partial charge in [0.25, 0.3) is 5.92 Å². The third-order valence-corrected chi connectivity index (χ3v) is 2.91. The molecular weight excluding hydrogens is 250 g/mol. The molecule has 1 aliphatic rings. The number of alkyl halides is 2. The molecule has 1 aromatic rings. The maximum absolute atomic E-state index is 13.0. The molecule has 0 radical (unpaired) electrons. The van der Waals surface area contributed by atoms with Crippen molar-refractivity contribution in [1.29, 1.82) is 5.26 Å². The van der Waals surface area contributed by atoms with E-state index in [0.29, 0.717) is 5.82 Å². The number of halogens is 3. The van der Waals surface area contributed by atoms with E-state index in [2.05, 4.69) is 9.97 Å². The highest BCUT2D eigenvalue weighted by molar-refractivity contribution is 6.30. The fourth-order valence-electron chi connectivity index (χ4n) is 1.65. The Kier molecular flexibility index (Phi) is 3.11. The van der Waals surface area contributed by atoms with E-state index < -0.39 is 5.92 Å². The van der Waals surface area contributed by atoms with E-state index in [1.165, 1.54) is 6.20 Å². The summed E-state index contributed by atoms with van der Waals surface area (Å²) in [6, 6.07) is 1.79. The molecule has 1 saturated heterocycles. The Labute approximate surface area is 102 Å². The molecule has 1 aliphatic heterocycles. The van der Waals surface area contributed by atoms with Gasteiger partial charge in [-0.25, -0.2) is 18.7 Å². The Morgan fingerprint density at radius 2 is 2.06 bits per heavy atom. The van der Waals surface area contributed by atoms with Gasteiger partial charge in [-0.2, -0.15) is 5.26 Å². The van der Waals surface area contributed by atoms with Crippen molar-refractivity contribution < 1.29 is 8.78 Å². The van der Waals surface area contributed by atoms with Gasteiger partial charge in [-0.15, -0.1) is 0 Å². The average molecular weight is 259 g/mol. The maximum atomic E-state index is 13.0. The van der Waals surface area contributed by atoms with Crippen molar-refractivity contribution in [2.45, 2.75) is 18.8 Å². The van der Waals surface area contributed by atoms with E-state index in [0.717, 1.165) is 0 Å². The van der Waals surface area contributed by atoms with Crippen molar-refractivity contribution in [3.05, 3.63) is 17.0 Å². The van der Waals surface area contributed by atoms with Gasteiger partial charge in [-0.1, -0.05) is 11.6 Å². The summed E-state index contributed by atoms with van der Waals surface area (Å²) in [6.07, 6.45) is 0.979. The Balaban J connectivity index is 2.14. The summed E-state index contributed by atoms with van der Waals surface area (Å²) < 4.78 is 25.9. The zero-order chi connectivity index (χ0) is 12.5. The quantitative estimate of drug-likeness (QED) is 0.775. The molecule has 4 nitrogen and oxygen atoms in total. The van der Waals surface area contributed by atoms with E-state index >= 15 is 0 Å².